The molecular weight excluding hydrogens is 308 g/mol. The molecule has 0 radical (unpaired) electrons. The fourth-order valence-corrected chi connectivity index (χ4v) is 2.42. The highest BCUT2D eigenvalue weighted by atomic mass is 16.5. The zero-order valence-corrected chi connectivity index (χ0v) is 13.3. The minimum Gasteiger partial charge on any atom is -0.475 e. The van der Waals surface area contributed by atoms with E-state index in [0.29, 0.717) is 17.5 Å². The van der Waals surface area contributed by atoms with Gasteiger partial charge in [-0.3, -0.25) is 9.59 Å². The third kappa shape index (κ3) is 4.60. The summed E-state index contributed by atoms with van der Waals surface area (Å²) < 4.78 is 5.08. The molecule has 124 valence electrons. The third-order valence-electron chi connectivity index (χ3n) is 3.59. The normalized spacial score (nSPS) is 10.4. The number of carboxylic acid groups (broad SMARTS) is 1. The van der Waals surface area contributed by atoms with Gasteiger partial charge < -0.3 is 9.84 Å². The number of aliphatic carboxylic acids is 1. The number of Topliss-reactive ketones (excluding diaryl/α,β-unsaturated/α-hetero) is 2. The first-order valence-electron chi connectivity index (χ1n) is 7.45. The van der Waals surface area contributed by atoms with Gasteiger partial charge in [0.15, 0.2) is 5.78 Å². The molecule has 0 bridgehead atoms. The standard InChI is InChI=1S/C19H18O5/c1-24-12-15-8-7-14(9-13-5-3-2-4-6-13)10-16(15)17(20)11-18(21)19(22)23/h2-8,10H,9,11-12H2,1H3,(H,22,23). The van der Waals surface area contributed by atoms with Gasteiger partial charge in [0, 0.05) is 12.7 Å². The average Bonchev–Trinajstić information content (AvgIpc) is 2.57. The van der Waals surface area contributed by atoms with Crippen molar-refractivity contribution in [3.63, 3.8) is 0 Å². The molecule has 0 unspecified atom stereocenters. The summed E-state index contributed by atoms with van der Waals surface area (Å²) in [6.45, 7) is 0.216. The predicted octanol–water partition coefficient (Wildman–Crippen LogP) is 2.65. The summed E-state index contributed by atoms with van der Waals surface area (Å²) in [6.07, 6.45) is -0.0118. The van der Waals surface area contributed by atoms with Gasteiger partial charge in [-0.15, -0.1) is 0 Å². The van der Waals surface area contributed by atoms with Crippen LogP contribution in [0.5, 0.6) is 0 Å². The van der Waals surface area contributed by atoms with Crippen LogP contribution >= 0.6 is 0 Å². The molecule has 5 heteroatoms. The van der Waals surface area contributed by atoms with Crippen LogP contribution in [0.2, 0.25) is 0 Å². The largest absolute Gasteiger partial charge is 0.475 e. The zero-order valence-electron chi connectivity index (χ0n) is 13.3. The maximum absolute atomic E-state index is 12.3. The first-order chi connectivity index (χ1) is 11.5. The molecule has 1 N–H and O–H groups in total. The van der Waals surface area contributed by atoms with Crippen molar-refractivity contribution < 1.29 is 24.2 Å². The second kappa shape index (κ2) is 8.17. The van der Waals surface area contributed by atoms with Crippen LogP contribution in [0, 0.1) is 0 Å². The maximum Gasteiger partial charge on any atom is 0.372 e. The van der Waals surface area contributed by atoms with Gasteiger partial charge in [-0.1, -0.05) is 42.5 Å². The Morgan fingerprint density at radius 2 is 1.71 bits per heavy atom. The van der Waals surface area contributed by atoms with E-state index < -0.39 is 24.0 Å². The topological polar surface area (TPSA) is 80.7 Å². The number of carboxylic acids is 1. The average molecular weight is 326 g/mol. The minimum atomic E-state index is -1.60. The monoisotopic (exact) mass is 326 g/mol. The number of rotatable bonds is 8. The Bertz CT molecular complexity index is 750. The number of benzene rings is 2. The molecule has 0 saturated heterocycles. The molecular formula is C19H18O5. The molecule has 24 heavy (non-hydrogen) atoms. The van der Waals surface area contributed by atoms with E-state index in [2.05, 4.69) is 0 Å². The van der Waals surface area contributed by atoms with Crippen molar-refractivity contribution in [1.29, 1.82) is 0 Å². The van der Waals surface area contributed by atoms with E-state index in [4.69, 9.17) is 9.84 Å². The molecule has 0 heterocycles. The molecule has 0 saturated carbocycles. The fourth-order valence-electron chi connectivity index (χ4n) is 2.42. The van der Waals surface area contributed by atoms with Crippen molar-refractivity contribution in [2.24, 2.45) is 0 Å². The van der Waals surface area contributed by atoms with Crippen molar-refractivity contribution >= 4 is 17.5 Å². The maximum atomic E-state index is 12.3. The summed E-state index contributed by atoms with van der Waals surface area (Å²) in [7, 11) is 1.51. The van der Waals surface area contributed by atoms with Crippen molar-refractivity contribution in [3.05, 3.63) is 70.8 Å². The summed E-state index contributed by atoms with van der Waals surface area (Å²) in [4.78, 5) is 34.3. The lowest BCUT2D eigenvalue weighted by Gasteiger charge is -2.10. The molecule has 0 aliphatic carbocycles. The second-order valence-corrected chi connectivity index (χ2v) is 5.42. The van der Waals surface area contributed by atoms with Gasteiger partial charge in [-0.2, -0.15) is 0 Å². The highest BCUT2D eigenvalue weighted by Gasteiger charge is 2.20. The number of carbonyl (C=O) groups excluding carboxylic acids is 2. The molecule has 2 aromatic rings. The van der Waals surface area contributed by atoms with Crippen LogP contribution in [0.1, 0.15) is 33.5 Å². The molecule has 0 aromatic heterocycles. The second-order valence-electron chi connectivity index (χ2n) is 5.42. The Labute approximate surface area is 139 Å². The molecule has 0 aliphatic rings. The van der Waals surface area contributed by atoms with Crippen LogP contribution in [-0.4, -0.2) is 29.8 Å². The Hall–Kier alpha value is -2.79. The van der Waals surface area contributed by atoms with Gasteiger partial charge in [0.25, 0.3) is 0 Å². The molecule has 0 aliphatic heterocycles. The lowest BCUT2D eigenvalue weighted by molar-refractivity contribution is -0.148. The van der Waals surface area contributed by atoms with Crippen LogP contribution < -0.4 is 0 Å². The van der Waals surface area contributed by atoms with Crippen LogP contribution in [0.3, 0.4) is 0 Å². The number of hydrogen-bond acceptors (Lipinski definition) is 4. The molecule has 0 amide bonds. The Morgan fingerprint density at radius 1 is 1.00 bits per heavy atom. The van der Waals surface area contributed by atoms with Gasteiger partial charge in [0.05, 0.1) is 13.0 Å². The van der Waals surface area contributed by atoms with Crippen molar-refractivity contribution in [2.75, 3.05) is 7.11 Å². The number of ether oxygens (including phenoxy) is 1. The first kappa shape index (κ1) is 17.6. The van der Waals surface area contributed by atoms with Gasteiger partial charge in [-0.25, -0.2) is 4.79 Å². The van der Waals surface area contributed by atoms with E-state index in [-0.39, 0.29) is 6.61 Å². The Morgan fingerprint density at radius 3 is 2.33 bits per heavy atom. The Balaban J connectivity index is 2.28. The lowest BCUT2D eigenvalue weighted by atomic mass is 9.95. The zero-order chi connectivity index (χ0) is 17.5. The summed E-state index contributed by atoms with van der Waals surface area (Å²) in [6, 6.07) is 15.2. The quantitative estimate of drug-likeness (QED) is 0.458. The van der Waals surface area contributed by atoms with E-state index >= 15 is 0 Å². The number of methoxy groups -OCH3 is 1. The van der Waals surface area contributed by atoms with Gasteiger partial charge >= 0.3 is 5.97 Å². The number of hydrogen-bond donors (Lipinski definition) is 1. The van der Waals surface area contributed by atoms with Gasteiger partial charge in [0.2, 0.25) is 5.78 Å². The van der Waals surface area contributed by atoms with Crippen molar-refractivity contribution in [2.45, 2.75) is 19.4 Å². The van der Waals surface area contributed by atoms with Crippen LogP contribution in [0.25, 0.3) is 0 Å². The van der Waals surface area contributed by atoms with Crippen molar-refractivity contribution in [1.82, 2.24) is 0 Å². The highest BCUT2D eigenvalue weighted by Crippen LogP contribution is 2.18. The third-order valence-corrected chi connectivity index (χ3v) is 3.59. The highest BCUT2D eigenvalue weighted by molar-refractivity contribution is 6.37. The molecule has 0 spiro atoms. The smallest absolute Gasteiger partial charge is 0.372 e. The van der Waals surface area contributed by atoms with E-state index in [9.17, 15) is 14.4 Å². The molecule has 5 nitrogen and oxygen atoms in total. The lowest BCUT2D eigenvalue weighted by Crippen LogP contribution is -2.18. The minimum absolute atomic E-state index is 0.216. The summed E-state index contributed by atoms with van der Waals surface area (Å²) in [5, 5.41) is 8.67. The summed E-state index contributed by atoms with van der Waals surface area (Å²) in [5.74, 6) is -3.22. The summed E-state index contributed by atoms with van der Waals surface area (Å²) in [5.41, 5.74) is 2.97. The SMILES string of the molecule is COCc1ccc(Cc2ccccc2)cc1C(=O)CC(=O)C(=O)O. The predicted molar refractivity (Wildman–Crippen MR) is 88.0 cm³/mol. The number of ketones is 2. The van der Waals surface area contributed by atoms with Gasteiger partial charge in [-0.05, 0) is 29.2 Å². The molecule has 2 rings (SSSR count). The Kier molecular flexibility index (Phi) is 5.98. The number of carbonyl (C=O) groups is 3. The van der Waals surface area contributed by atoms with Crippen LogP contribution in [0.15, 0.2) is 48.5 Å². The van der Waals surface area contributed by atoms with Crippen molar-refractivity contribution in [3.8, 4) is 0 Å². The molecule has 0 atom stereocenters. The molecule has 2 aromatic carbocycles. The van der Waals surface area contributed by atoms with Crippen LogP contribution in [-0.2, 0) is 27.4 Å². The van der Waals surface area contributed by atoms with E-state index in [1.807, 2.05) is 36.4 Å². The molecule has 0 fully saturated rings. The van der Waals surface area contributed by atoms with Gasteiger partial charge in [0.1, 0.15) is 0 Å². The van der Waals surface area contributed by atoms with E-state index in [1.54, 1.807) is 12.1 Å². The fraction of sp³-hybridized carbons (Fsp3) is 0.211. The van der Waals surface area contributed by atoms with E-state index in [1.165, 1.54) is 7.11 Å². The summed E-state index contributed by atoms with van der Waals surface area (Å²) >= 11 is 0. The van der Waals surface area contributed by atoms with Crippen LogP contribution in [0.4, 0.5) is 0 Å². The first-order valence-corrected chi connectivity index (χ1v) is 7.45. The van der Waals surface area contributed by atoms with E-state index in [0.717, 1.165) is 11.1 Å².